The lowest BCUT2D eigenvalue weighted by Crippen LogP contribution is -2.49. The number of hydrogen-bond donors (Lipinski definition) is 0. The van der Waals surface area contributed by atoms with Crippen molar-refractivity contribution < 1.29 is 9.72 Å². The highest BCUT2D eigenvalue weighted by Gasteiger charge is 2.53. The molecule has 0 saturated heterocycles. The van der Waals surface area contributed by atoms with Crippen molar-refractivity contribution in [1.82, 2.24) is 14.8 Å². The molecule has 0 amide bonds. The molecule has 162 valence electrons. The van der Waals surface area contributed by atoms with Gasteiger partial charge in [-0.1, -0.05) is 17.8 Å². The highest BCUT2D eigenvalue weighted by molar-refractivity contribution is 7.99. The number of Topliss-reactive ketones (excluding diaryl/α,β-unsaturated/α-hetero) is 1. The number of rotatable bonds is 8. The molecule has 1 heterocycles. The van der Waals surface area contributed by atoms with Crippen molar-refractivity contribution in [2.75, 3.05) is 5.75 Å². The van der Waals surface area contributed by atoms with Gasteiger partial charge in [0.15, 0.2) is 10.9 Å². The maximum atomic E-state index is 12.6. The summed E-state index contributed by atoms with van der Waals surface area (Å²) < 4.78 is 2.16. The van der Waals surface area contributed by atoms with Gasteiger partial charge in [0.05, 0.1) is 10.7 Å². The Morgan fingerprint density at radius 1 is 1.16 bits per heavy atom. The van der Waals surface area contributed by atoms with Crippen LogP contribution in [0.4, 0.5) is 5.69 Å². The third kappa shape index (κ3) is 3.71. The predicted octanol–water partition coefficient (Wildman–Crippen LogP) is 4.82. The second-order valence-corrected chi connectivity index (χ2v) is 10.4. The molecular weight excluding hydrogens is 412 g/mol. The van der Waals surface area contributed by atoms with Crippen molar-refractivity contribution in [3.63, 3.8) is 0 Å². The monoisotopic (exact) mass is 438 g/mol. The third-order valence-corrected chi connectivity index (χ3v) is 8.24. The molecule has 8 heteroatoms. The van der Waals surface area contributed by atoms with Crippen molar-refractivity contribution in [3.8, 4) is 0 Å². The summed E-state index contributed by atoms with van der Waals surface area (Å²) in [6, 6.07) is 5.75. The maximum Gasteiger partial charge on any atom is 0.269 e. The average molecular weight is 439 g/mol. The minimum Gasteiger partial charge on any atom is -0.302 e. The van der Waals surface area contributed by atoms with E-state index in [0.29, 0.717) is 12.1 Å². The molecule has 0 aliphatic heterocycles. The van der Waals surface area contributed by atoms with Gasteiger partial charge in [-0.25, -0.2) is 0 Å². The van der Waals surface area contributed by atoms with Gasteiger partial charge in [0, 0.05) is 29.7 Å². The molecule has 0 unspecified atom stereocenters. The van der Waals surface area contributed by atoms with Crippen LogP contribution in [0.5, 0.6) is 0 Å². The molecule has 0 spiro atoms. The molecule has 1 aromatic heterocycles. The minimum absolute atomic E-state index is 0.0184. The van der Waals surface area contributed by atoms with Crippen molar-refractivity contribution in [2.45, 2.75) is 55.6 Å². The molecule has 4 aliphatic rings. The van der Waals surface area contributed by atoms with Crippen LogP contribution in [0.3, 0.4) is 0 Å². The number of carbonyl (C=O) groups excluding carboxylic acids is 1. The Balaban J connectivity index is 1.35. The number of ketones is 1. The van der Waals surface area contributed by atoms with E-state index in [2.05, 4.69) is 21.3 Å². The van der Waals surface area contributed by atoms with Crippen LogP contribution in [0.1, 0.15) is 54.7 Å². The second-order valence-electron chi connectivity index (χ2n) is 9.42. The standard InChI is InChI=1S/C23H26N4O3S/c1-2-7-26-21(23-11-15-8-16(12-23)10-17(9-15)13-23)24-25-22(26)31-14-20(28)18-3-5-19(6-4-18)27(29)30/h2-6,15-17H,1,7-14H2. The normalized spacial score (nSPS) is 28.6. The molecule has 1 aromatic carbocycles. The van der Waals surface area contributed by atoms with Gasteiger partial charge in [-0.15, -0.1) is 16.8 Å². The number of nitro benzene ring substituents is 1. The molecule has 4 saturated carbocycles. The fraction of sp³-hybridized carbons (Fsp3) is 0.522. The minimum atomic E-state index is -0.466. The first-order chi connectivity index (χ1) is 15.0. The summed E-state index contributed by atoms with van der Waals surface area (Å²) in [6.07, 6.45) is 9.62. The Morgan fingerprint density at radius 3 is 2.32 bits per heavy atom. The van der Waals surface area contributed by atoms with Gasteiger partial charge in [-0.2, -0.15) is 0 Å². The number of nitro groups is 1. The summed E-state index contributed by atoms with van der Waals surface area (Å²) >= 11 is 1.38. The Labute approximate surface area is 185 Å². The topological polar surface area (TPSA) is 90.9 Å². The highest BCUT2D eigenvalue weighted by atomic mass is 32.2. The van der Waals surface area contributed by atoms with E-state index in [1.165, 1.54) is 74.6 Å². The summed E-state index contributed by atoms with van der Waals surface area (Å²) in [5, 5.41) is 20.7. The van der Waals surface area contributed by atoms with Crippen LogP contribution in [0.25, 0.3) is 0 Å². The van der Waals surface area contributed by atoms with Gasteiger partial charge in [0.25, 0.3) is 5.69 Å². The summed E-state index contributed by atoms with van der Waals surface area (Å²) in [6.45, 7) is 4.56. The van der Waals surface area contributed by atoms with Crippen molar-refractivity contribution in [1.29, 1.82) is 0 Å². The zero-order valence-corrected chi connectivity index (χ0v) is 18.2. The SMILES string of the molecule is C=CCn1c(SCC(=O)c2ccc([N+](=O)[O-])cc2)nnc1C12CC3CC(CC(C3)C1)C2. The molecule has 4 fully saturated rings. The predicted molar refractivity (Wildman–Crippen MR) is 118 cm³/mol. The van der Waals surface area contributed by atoms with Crippen LogP contribution >= 0.6 is 11.8 Å². The van der Waals surface area contributed by atoms with Crippen molar-refractivity contribution in [2.24, 2.45) is 17.8 Å². The summed E-state index contributed by atoms with van der Waals surface area (Å²) in [5.41, 5.74) is 0.579. The van der Waals surface area contributed by atoms with Crippen LogP contribution in [0, 0.1) is 27.9 Å². The lowest BCUT2D eigenvalue weighted by molar-refractivity contribution is -0.384. The number of benzene rings is 1. The molecule has 0 N–H and O–H groups in total. The van der Waals surface area contributed by atoms with Gasteiger partial charge >= 0.3 is 0 Å². The number of aromatic nitrogens is 3. The number of nitrogens with zero attached hydrogens (tertiary/aromatic N) is 4. The Bertz CT molecular complexity index is 995. The van der Waals surface area contributed by atoms with Crippen LogP contribution in [-0.4, -0.2) is 31.2 Å². The van der Waals surface area contributed by atoms with E-state index in [0.717, 1.165) is 28.7 Å². The number of carbonyl (C=O) groups is 1. The van der Waals surface area contributed by atoms with E-state index in [-0.39, 0.29) is 22.6 Å². The van der Waals surface area contributed by atoms with Gasteiger partial charge in [0.2, 0.25) is 0 Å². The zero-order valence-electron chi connectivity index (χ0n) is 17.4. The molecule has 31 heavy (non-hydrogen) atoms. The van der Waals surface area contributed by atoms with E-state index >= 15 is 0 Å². The first-order valence-electron chi connectivity index (χ1n) is 10.9. The highest BCUT2D eigenvalue weighted by Crippen LogP contribution is 2.60. The molecule has 4 bridgehead atoms. The number of hydrogen-bond acceptors (Lipinski definition) is 6. The molecule has 2 aromatic rings. The largest absolute Gasteiger partial charge is 0.302 e. The summed E-state index contributed by atoms with van der Waals surface area (Å²) in [4.78, 5) is 23.0. The van der Waals surface area contributed by atoms with Crippen molar-refractivity contribution in [3.05, 3.63) is 58.4 Å². The molecule has 4 aliphatic carbocycles. The zero-order chi connectivity index (χ0) is 21.6. The van der Waals surface area contributed by atoms with Crippen molar-refractivity contribution >= 4 is 23.2 Å². The van der Waals surface area contributed by atoms with Gasteiger partial charge < -0.3 is 4.57 Å². The maximum absolute atomic E-state index is 12.6. The lowest BCUT2D eigenvalue weighted by Gasteiger charge is -2.56. The molecule has 0 atom stereocenters. The van der Waals surface area contributed by atoms with Gasteiger partial charge in [-0.3, -0.25) is 14.9 Å². The molecule has 7 nitrogen and oxygen atoms in total. The van der Waals surface area contributed by atoms with Crippen LogP contribution in [-0.2, 0) is 12.0 Å². The molecular formula is C23H26N4O3S. The summed E-state index contributed by atoms with van der Waals surface area (Å²) in [7, 11) is 0. The average Bonchev–Trinajstić information content (AvgIpc) is 3.15. The molecule has 6 rings (SSSR count). The Hall–Kier alpha value is -2.48. The van der Waals surface area contributed by atoms with Crippen LogP contribution in [0.2, 0.25) is 0 Å². The fourth-order valence-corrected chi connectivity index (χ4v) is 7.29. The first-order valence-corrected chi connectivity index (χ1v) is 11.9. The van der Waals surface area contributed by atoms with Crippen LogP contribution in [0.15, 0.2) is 42.1 Å². The lowest BCUT2D eigenvalue weighted by atomic mass is 9.49. The fourth-order valence-electron chi connectivity index (χ4n) is 6.45. The van der Waals surface area contributed by atoms with E-state index in [4.69, 9.17) is 0 Å². The van der Waals surface area contributed by atoms with E-state index < -0.39 is 4.92 Å². The van der Waals surface area contributed by atoms with Crippen LogP contribution < -0.4 is 0 Å². The first kappa shape index (κ1) is 20.4. The van der Waals surface area contributed by atoms with Gasteiger partial charge in [-0.05, 0) is 68.4 Å². The Morgan fingerprint density at radius 2 is 1.77 bits per heavy atom. The summed E-state index contributed by atoms with van der Waals surface area (Å²) in [5.74, 6) is 3.68. The number of thioether (sulfide) groups is 1. The van der Waals surface area contributed by atoms with Gasteiger partial charge in [0.1, 0.15) is 5.82 Å². The second kappa shape index (κ2) is 7.89. The van der Waals surface area contributed by atoms with E-state index in [1.54, 1.807) is 0 Å². The number of non-ortho nitro benzene ring substituents is 1. The third-order valence-electron chi connectivity index (χ3n) is 7.27. The smallest absolute Gasteiger partial charge is 0.269 e. The van der Waals surface area contributed by atoms with E-state index in [1.807, 2.05) is 6.08 Å². The molecule has 0 radical (unpaired) electrons. The quantitative estimate of drug-likeness (QED) is 0.193. The Kier molecular flexibility index (Phi) is 5.20. The van der Waals surface area contributed by atoms with E-state index in [9.17, 15) is 14.9 Å². The number of allylic oxidation sites excluding steroid dienone is 1.